The first-order valence-corrected chi connectivity index (χ1v) is 0. The van der Waals surface area contributed by atoms with E-state index in [1.165, 1.54) is 0 Å². The van der Waals surface area contributed by atoms with Crippen LogP contribution >= 0.6 is 0 Å². The van der Waals surface area contributed by atoms with Gasteiger partial charge in [-0.05, 0) is 0 Å². The number of hydrogen-bond donors (Lipinski definition) is 0. The fourth-order valence-electron chi connectivity index (χ4n) is 0. The first kappa shape index (κ1) is 207. The molecule has 8 radical (unpaired) electrons. The van der Waals surface area contributed by atoms with Gasteiger partial charge in [-0.15, -0.1) is 0 Å². The van der Waals surface area contributed by atoms with Gasteiger partial charge in [-0.3, -0.25) is 0 Å². The van der Waals surface area contributed by atoms with Gasteiger partial charge in [0.25, 0.3) is 0 Å². The molecule has 0 heterocycles. The second-order valence-corrected chi connectivity index (χ2v) is 0. The summed E-state index contributed by atoms with van der Waals surface area (Å²) in [6.07, 6.45) is 0. The van der Waals surface area contributed by atoms with Crippen LogP contribution in [-0.4, -0.2) is 11.0 Å². The predicted octanol–water partition coefficient (Wildman–Crippen LogP) is -1.50. The van der Waals surface area contributed by atoms with E-state index in [0.717, 1.165) is 0 Å². The van der Waals surface area contributed by atoms with E-state index in [4.69, 9.17) is 0 Å². The third-order valence-electron chi connectivity index (χ3n) is 0. The molecule has 0 aromatic heterocycles. The van der Waals surface area contributed by atoms with Gasteiger partial charge >= 0.3 is 0 Å². The van der Waals surface area contributed by atoms with Gasteiger partial charge in [0.2, 0.25) is 0 Å². The molecule has 0 fully saturated rings. The maximum Gasteiger partial charge on any atom is 0 e. The number of hydrogen-bond acceptors (Lipinski definition) is 0. The average molecular weight is 432 g/mol. The van der Waals surface area contributed by atoms with Crippen LogP contribution in [0.25, 0.3) is 0 Å². The molecule has 70 valence electrons. The minimum atomic E-state index is 0. The molecule has 0 aromatic carbocycles. The van der Waals surface area contributed by atoms with Gasteiger partial charge in [0.1, 0.15) is 0 Å². The monoisotopic (exact) mass is 432 g/mol. The Morgan fingerprint density at radius 1 is 0.364 bits per heavy atom. The van der Waals surface area contributed by atoms with Crippen molar-refractivity contribution >= 4 is 0 Å². The Labute approximate surface area is 145 Å². The smallest absolute Gasteiger partial charge is 0 e. The van der Waals surface area contributed by atoms with Gasteiger partial charge in [0, 0.05) is 136 Å². The molecule has 11 heavy (non-hydrogen) atoms. The van der Waals surface area contributed by atoms with Gasteiger partial charge in [0.05, 0.1) is 0 Å². The fraction of sp³-hybridized carbons (Fsp3) is 0. The topological polar surface area (TPSA) is 63.0 Å². The summed E-state index contributed by atoms with van der Waals surface area (Å²) in [5.74, 6) is 0. The van der Waals surface area contributed by atoms with Crippen LogP contribution in [0.15, 0.2) is 0 Å². The molecule has 0 aliphatic heterocycles. The molecule has 0 amide bonds. The molecule has 0 aliphatic carbocycles. The molecule has 0 bridgehead atoms. The van der Waals surface area contributed by atoms with Crippen LogP contribution < -0.4 is 0 Å². The zero-order valence-electron chi connectivity index (χ0n) is 4.75. The quantitative estimate of drug-likeness (QED) is 0.419. The molecule has 0 aromatic rings. The van der Waals surface area contributed by atoms with Crippen LogP contribution in [-0.2, 0) is 121 Å². The van der Waals surface area contributed by atoms with E-state index in [9.17, 15) is 0 Å². The summed E-state index contributed by atoms with van der Waals surface area (Å²) >= 11 is 0. The Morgan fingerprint density at radius 3 is 0.364 bits per heavy atom. The Bertz CT molecular complexity index is 20.4. The summed E-state index contributed by atoms with van der Waals surface area (Å²) in [4.78, 5) is 0. The summed E-state index contributed by atoms with van der Waals surface area (Å²) in [6, 6.07) is 0. The van der Waals surface area contributed by atoms with Gasteiger partial charge in [-0.25, -0.2) is 0 Å². The standard InChI is InChI=1S/2C.5Cr.2Fe.2H2O/h;;;;;;;;;2*1H2. The predicted molar refractivity (Wildman–Crippen MR) is 13.7 cm³/mol. The van der Waals surface area contributed by atoms with E-state index >= 15 is 0 Å². The van der Waals surface area contributed by atoms with E-state index in [1.54, 1.807) is 0 Å². The Kier molecular flexibility index (Phi) is 3110. The summed E-state index contributed by atoms with van der Waals surface area (Å²) < 4.78 is 0. The van der Waals surface area contributed by atoms with Crippen LogP contribution in [0.4, 0.5) is 0 Å². The molecular weight excluding hydrogens is 428 g/mol. The van der Waals surface area contributed by atoms with Crippen molar-refractivity contribution in [3.8, 4) is 0 Å². The Hall–Kier alpha value is 3.62. The minimum Gasteiger partial charge on any atom is -0.412 e. The molecular formula is C2H4Cr5Fe2O2. The zero-order valence-corrected chi connectivity index (χ0v) is 13.3. The normalized spacial score (nSPS) is 0. The van der Waals surface area contributed by atoms with E-state index in [-0.39, 0.29) is 147 Å². The third kappa shape index (κ3) is 140. The average Bonchev–Trinajstić information content (AvgIpc) is 0. The third-order valence-corrected chi connectivity index (χ3v) is 0. The first-order valence-electron chi connectivity index (χ1n) is 0. The van der Waals surface area contributed by atoms with Crippen LogP contribution in [0.3, 0.4) is 0 Å². The molecule has 0 saturated heterocycles. The summed E-state index contributed by atoms with van der Waals surface area (Å²) in [5, 5.41) is 0. The van der Waals surface area contributed by atoms with E-state index in [1.807, 2.05) is 0 Å². The van der Waals surface area contributed by atoms with Crippen LogP contribution in [0, 0.1) is 14.9 Å². The minimum absolute atomic E-state index is 0. The number of rotatable bonds is 0. The van der Waals surface area contributed by atoms with Crippen molar-refractivity contribution in [2.75, 3.05) is 0 Å². The van der Waals surface area contributed by atoms with Crippen molar-refractivity contribution in [1.82, 2.24) is 0 Å². The van der Waals surface area contributed by atoms with Crippen molar-refractivity contribution in [3.63, 3.8) is 0 Å². The molecule has 2 nitrogen and oxygen atoms in total. The van der Waals surface area contributed by atoms with Gasteiger partial charge in [-0.2, -0.15) is 0 Å². The summed E-state index contributed by atoms with van der Waals surface area (Å²) in [7, 11) is 0. The molecule has 0 aliphatic rings. The SMILES string of the molecule is O.O.[C].[C].[Cr].[Cr].[Cr].[Cr].[Cr].[Fe].[Fe]. The van der Waals surface area contributed by atoms with Crippen LogP contribution in [0.5, 0.6) is 0 Å². The second-order valence-electron chi connectivity index (χ2n) is 0. The van der Waals surface area contributed by atoms with E-state index in [2.05, 4.69) is 0 Å². The zero-order chi connectivity index (χ0) is 0. The van der Waals surface area contributed by atoms with Crippen molar-refractivity contribution < 1.29 is 132 Å². The first-order chi connectivity index (χ1) is 0. The van der Waals surface area contributed by atoms with Crippen molar-refractivity contribution in [3.05, 3.63) is 14.9 Å². The fourth-order valence-corrected chi connectivity index (χ4v) is 0. The Morgan fingerprint density at radius 2 is 0.364 bits per heavy atom. The van der Waals surface area contributed by atoms with Crippen LogP contribution in [0.1, 0.15) is 0 Å². The van der Waals surface area contributed by atoms with E-state index < -0.39 is 0 Å². The molecule has 0 spiro atoms. The second kappa shape index (κ2) is 165. The van der Waals surface area contributed by atoms with Crippen molar-refractivity contribution in [1.29, 1.82) is 0 Å². The molecule has 9 heteroatoms. The van der Waals surface area contributed by atoms with Gasteiger partial charge in [-0.1, -0.05) is 0 Å². The van der Waals surface area contributed by atoms with Crippen molar-refractivity contribution in [2.45, 2.75) is 0 Å². The van der Waals surface area contributed by atoms with Gasteiger partial charge < -0.3 is 11.0 Å². The molecule has 0 rings (SSSR count). The summed E-state index contributed by atoms with van der Waals surface area (Å²) in [6.45, 7) is 0. The van der Waals surface area contributed by atoms with Crippen molar-refractivity contribution in [2.24, 2.45) is 0 Å². The molecule has 4 N–H and O–H groups in total. The van der Waals surface area contributed by atoms with E-state index in [0.29, 0.717) is 0 Å². The molecule has 0 unspecified atom stereocenters. The van der Waals surface area contributed by atoms with Gasteiger partial charge in [0.15, 0.2) is 0 Å². The maximum absolute atomic E-state index is 0. The van der Waals surface area contributed by atoms with Crippen LogP contribution in [0.2, 0.25) is 0 Å². The summed E-state index contributed by atoms with van der Waals surface area (Å²) in [5.41, 5.74) is 0. The maximum atomic E-state index is 0. The molecule has 0 atom stereocenters. The Balaban J connectivity index is 0. The molecule has 0 saturated carbocycles. The largest absolute Gasteiger partial charge is 0.412 e.